The van der Waals surface area contributed by atoms with E-state index in [1.807, 2.05) is 29.5 Å². The maximum Gasteiger partial charge on any atom is 0.294 e. The van der Waals surface area contributed by atoms with E-state index < -0.39 is 23.6 Å². The molecule has 1 aliphatic rings. The topological polar surface area (TPSA) is 128 Å². The van der Waals surface area contributed by atoms with Crippen LogP contribution < -0.4 is 20.5 Å². The van der Waals surface area contributed by atoms with E-state index in [0.717, 1.165) is 10.5 Å². The van der Waals surface area contributed by atoms with Crippen molar-refractivity contribution < 1.29 is 28.7 Å². The number of thioether (sulfide) groups is 1. The average molecular weight is 616 g/mol. The lowest BCUT2D eigenvalue weighted by Gasteiger charge is -2.14. The Morgan fingerprint density at radius 2 is 2.00 bits per heavy atom. The summed E-state index contributed by atoms with van der Waals surface area (Å²) in [5.74, 6) is -1.09. The van der Waals surface area contributed by atoms with Crippen LogP contribution >= 0.6 is 46.0 Å². The van der Waals surface area contributed by atoms with E-state index in [2.05, 4.69) is 5.32 Å². The second-order valence-electron chi connectivity index (χ2n) is 7.07. The molecule has 1 heterocycles. The van der Waals surface area contributed by atoms with Crippen molar-refractivity contribution in [3.8, 4) is 11.5 Å². The first-order chi connectivity index (χ1) is 16.1. The second-order valence-corrected chi connectivity index (χ2v) is 9.63. The smallest absolute Gasteiger partial charge is 0.294 e. The van der Waals surface area contributed by atoms with Crippen molar-refractivity contribution in [1.82, 2.24) is 4.90 Å². The normalized spacial score (nSPS) is 14.5. The molecule has 9 nitrogen and oxygen atoms in total. The van der Waals surface area contributed by atoms with Crippen molar-refractivity contribution in [1.29, 1.82) is 0 Å². The van der Waals surface area contributed by atoms with Gasteiger partial charge in [-0.05, 0) is 82.7 Å². The molecule has 1 aliphatic heterocycles. The highest BCUT2D eigenvalue weighted by Gasteiger charge is 2.35. The third-order valence-electron chi connectivity index (χ3n) is 4.54. The number of rotatable bonds is 8. The van der Waals surface area contributed by atoms with Gasteiger partial charge in [-0.3, -0.25) is 24.1 Å². The minimum absolute atomic E-state index is 0.147. The number of methoxy groups -OCH3 is 1. The number of primary amides is 1. The summed E-state index contributed by atoms with van der Waals surface area (Å²) in [6.45, 7) is 1.11. The SMILES string of the molecule is COc1cc(/C=C2\SC(=O)N(CC(N)=O)C2=O)cc(I)c1OCC(=O)Nc1ccc(C)c(Cl)c1. The fourth-order valence-electron chi connectivity index (χ4n) is 2.91. The summed E-state index contributed by atoms with van der Waals surface area (Å²) in [6, 6.07) is 8.50. The third kappa shape index (κ3) is 6.21. The highest BCUT2D eigenvalue weighted by molar-refractivity contribution is 14.1. The largest absolute Gasteiger partial charge is 0.493 e. The summed E-state index contributed by atoms with van der Waals surface area (Å²) >= 11 is 8.81. The van der Waals surface area contributed by atoms with Crippen LogP contribution in [0.15, 0.2) is 35.2 Å². The molecule has 0 aromatic heterocycles. The zero-order valence-corrected chi connectivity index (χ0v) is 21.7. The molecule has 4 amide bonds. The number of nitrogens with one attached hydrogen (secondary N) is 1. The Hall–Kier alpha value is -2.77. The van der Waals surface area contributed by atoms with Crippen LogP contribution in [0.2, 0.25) is 5.02 Å². The number of carbonyl (C=O) groups is 4. The Morgan fingerprint density at radius 1 is 1.26 bits per heavy atom. The lowest BCUT2D eigenvalue weighted by molar-refractivity contribution is -0.127. The van der Waals surface area contributed by atoms with Gasteiger partial charge < -0.3 is 20.5 Å². The van der Waals surface area contributed by atoms with E-state index in [9.17, 15) is 19.2 Å². The standard InChI is InChI=1S/C22H19ClIN3O6S/c1-11-3-4-13(8-14(11)23)26-19(29)10-33-20-15(24)5-12(6-16(20)32-2)7-17-21(30)27(9-18(25)28)22(31)34-17/h3-8H,9-10H2,1-2H3,(H2,25,28)(H,26,29)/b17-7-. The minimum Gasteiger partial charge on any atom is -0.493 e. The predicted molar refractivity (Wildman–Crippen MR) is 138 cm³/mol. The first-order valence-corrected chi connectivity index (χ1v) is 12.0. The van der Waals surface area contributed by atoms with Gasteiger partial charge in [0.05, 0.1) is 15.6 Å². The molecule has 0 saturated carbocycles. The molecule has 1 fully saturated rings. The zero-order chi connectivity index (χ0) is 25.0. The van der Waals surface area contributed by atoms with E-state index in [0.29, 0.717) is 43.1 Å². The Balaban J connectivity index is 1.73. The highest BCUT2D eigenvalue weighted by Crippen LogP contribution is 2.37. The van der Waals surface area contributed by atoms with Crippen LogP contribution in [-0.2, 0) is 14.4 Å². The number of ether oxygens (including phenoxy) is 2. The molecule has 1 saturated heterocycles. The number of nitrogens with zero attached hydrogens (tertiary/aromatic N) is 1. The quantitative estimate of drug-likeness (QED) is 0.342. The van der Waals surface area contributed by atoms with Gasteiger partial charge >= 0.3 is 0 Å². The fraction of sp³-hybridized carbons (Fsp3) is 0.182. The number of anilines is 1. The highest BCUT2D eigenvalue weighted by atomic mass is 127. The van der Waals surface area contributed by atoms with Crippen molar-refractivity contribution in [3.63, 3.8) is 0 Å². The summed E-state index contributed by atoms with van der Waals surface area (Å²) < 4.78 is 11.7. The number of carbonyl (C=O) groups excluding carboxylic acids is 4. The van der Waals surface area contributed by atoms with E-state index in [1.54, 1.807) is 30.3 Å². The molecule has 2 aromatic carbocycles. The number of nitrogens with two attached hydrogens (primary N) is 1. The van der Waals surface area contributed by atoms with Crippen LogP contribution in [0.3, 0.4) is 0 Å². The molecule has 34 heavy (non-hydrogen) atoms. The van der Waals surface area contributed by atoms with Gasteiger partial charge in [-0.1, -0.05) is 17.7 Å². The first-order valence-electron chi connectivity index (χ1n) is 9.69. The summed E-state index contributed by atoms with van der Waals surface area (Å²) in [6.07, 6.45) is 1.51. The molecule has 12 heteroatoms. The number of hydrogen-bond donors (Lipinski definition) is 2. The first kappa shape index (κ1) is 25.8. The number of imide groups is 1. The summed E-state index contributed by atoms with van der Waals surface area (Å²) in [7, 11) is 1.44. The second kappa shape index (κ2) is 11.1. The molecule has 0 aliphatic carbocycles. The van der Waals surface area contributed by atoms with Gasteiger partial charge in [0.1, 0.15) is 6.54 Å². The molecule has 0 spiro atoms. The molecule has 0 bridgehead atoms. The van der Waals surface area contributed by atoms with Gasteiger partial charge in [0, 0.05) is 10.7 Å². The Kier molecular flexibility index (Phi) is 8.44. The van der Waals surface area contributed by atoms with Crippen molar-refractivity contribution in [2.24, 2.45) is 5.73 Å². The van der Waals surface area contributed by atoms with E-state index in [4.69, 9.17) is 26.8 Å². The van der Waals surface area contributed by atoms with Gasteiger partial charge in [-0.15, -0.1) is 0 Å². The van der Waals surface area contributed by atoms with Crippen LogP contribution in [0.25, 0.3) is 6.08 Å². The molecule has 178 valence electrons. The van der Waals surface area contributed by atoms with Crippen LogP contribution in [0, 0.1) is 10.5 Å². The monoisotopic (exact) mass is 615 g/mol. The molecule has 0 unspecified atom stereocenters. The maximum absolute atomic E-state index is 12.4. The van der Waals surface area contributed by atoms with Crippen LogP contribution in [-0.4, -0.2) is 48.1 Å². The van der Waals surface area contributed by atoms with Crippen LogP contribution in [0.4, 0.5) is 10.5 Å². The maximum atomic E-state index is 12.4. The van der Waals surface area contributed by atoms with Crippen LogP contribution in [0.5, 0.6) is 11.5 Å². The molecule has 2 aromatic rings. The van der Waals surface area contributed by atoms with Gasteiger partial charge in [-0.25, -0.2) is 0 Å². The van der Waals surface area contributed by atoms with Crippen molar-refractivity contribution >= 4 is 80.7 Å². The Bertz CT molecular complexity index is 1220. The number of aryl methyl sites for hydroxylation is 1. The van der Waals surface area contributed by atoms with Crippen molar-refractivity contribution in [2.75, 3.05) is 25.6 Å². The molecule has 0 radical (unpaired) electrons. The lowest BCUT2D eigenvalue weighted by Crippen LogP contribution is -2.36. The van der Waals surface area contributed by atoms with Crippen LogP contribution in [0.1, 0.15) is 11.1 Å². The van der Waals surface area contributed by atoms with Gasteiger partial charge in [0.15, 0.2) is 18.1 Å². The van der Waals surface area contributed by atoms with E-state index >= 15 is 0 Å². The van der Waals surface area contributed by atoms with Crippen molar-refractivity contribution in [2.45, 2.75) is 6.92 Å². The van der Waals surface area contributed by atoms with Crippen molar-refractivity contribution in [3.05, 3.63) is 55.0 Å². The predicted octanol–water partition coefficient (Wildman–Crippen LogP) is 3.80. The average Bonchev–Trinajstić information content (AvgIpc) is 3.02. The van der Waals surface area contributed by atoms with Gasteiger partial charge in [-0.2, -0.15) is 0 Å². The van der Waals surface area contributed by atoms with E-state index in [1.165, 1.54) is 13.2 Å². The Labute approximate surface area is 218 Å². The Morgan fingerprint density at radius 3 is 2.65 bits per heavy atom. The molecular weight excluding hydrogens is 597 g/mol. The van der Waals surface area contributed by atoms with Gasteiger partial charge in [0.2, 0.25) is 5.91 Å². The summed E-state index contributed by atoms with van der Waals surface area (Å²) in [4.78, 5) is 48.8. The zero-order valence-electron chi connectivity index (χ0n) is 18.0. The number of benzene rings is 2. The molecule has 0 atom stereocenters. The number of halogens is 2. The summed E-state index contributed by atoms with van der Waals surface area (Å²) in [5, 5.41) is 2.68. The van der Waals surface area contributed by atoms with E-state index in [-0.39, 0.29) is 17.4 Å². The molecule has 3 N–H and O–H groups in total. The van der Waals surface area contributed by atoms with Gasteiger partial charge in [0.25, 0.3) is 17.1 Å². The number of hydrogen-bond acceptors (Lipinski definition) is 7. The third-order valence-corrected chi connectivity index (χ3v) is 6.66. The lowest BCUT2D eigenvalue weighted by atomic mass is 10.2. The minimum atomic E-state index is -0.782. The number of amides is 4. The fourth-order valence-corrected chi connectivity index (χ4v) is 4.71. The molecular formula is C22H19ClIN3O6S. The molecule has 3 rings (SSSR count). The summed E-state index contributed by atoms with van der Waals surface area (Å²) in [5.41, 5.74) is 7.11.